The van der Waals surface area contributed by atoms with E-state index in [2.05, 4.69) is 4.98 Å². The van der Waals surface area contributed by atoms with E-state index >= 15 is 0 Å². The normalized spacial score (nSPS) is 36.9. The molecule has 0 spiro atoms. The Morgan fingerprint density at radius 1 is 1.50 bits per heavy atom. The molecule has 2 bridgehead atoms. The molecular weight excluding hydrogens is 220 g/mol. The summed E-state index contributed by atoms with van der Waals surface area (Å²) in [6.07, 6.45) is 9.63. The van der Waals surface area contributed by atoms with Gasteiger partial charge in [-0.25, -0.2) is 0 Å². The lowest BCUT2D eigenvalue weighted by Gasteiger charge is -2.34. The topological polar surface area (TPSA) is 38.9 Å². The van der Waals surface area contributed by atoms with Gasteiger partial charge in [-0.15, -0.1) is 0 Å². The summed E-state index contributed by atoms with van der Waals surface area (Å²) in [5.41, 5.74) is 7.72. The maximum absolute atomic E-state index is 6.57. The number of hydrogen-bond acceptors (Lipinski definition) is 2. The van der Waals surface area contributed by atoms with Crippen molar-refractivity contribution in [3.05, 3.63) is 29.0 Å². The van der Waals surface area contributed by atoms with Crippen molar-refractivity contribution in [2.24, 2.45) is 17.6 Å². The van der Waals surface area contributed by atoms with Gasteiger partial charge < -0.3 is 5.73 Å². The highest BCUT2D eigenvalue weighted by Gasteiger charge is 2.48. The lowest BCUT2D eigenvalue weighted by Crippen LogP contribution is -2.47. The van der Waals surface area contributed by atoms with Gasteiger partial charge in [0.05, 0.1) is 5.02 Å². The predicted molar refractivity (Wildman–Crippen MR) is 65.3 cm³/mol. The standard InChI is InChI=1S/C13H17ClN2/c14-12-8-16-4-3-10(12)7-13(15)6-9-1-2-11(13)5-9/h3-4,8-9,11H,1-2,5-7,15H2. The van der Waals surface area contributed by atoms with Gasteiger partial charge in [-0.3, -0.25) is 4.98 Å². The average Bonchev–Trinajstić information content (AvgIpc) is 2.81. The Kier molecular flexibility index (Phi) is 2.45. The van der Waals surface area contributed by atoms with Crippen LogP contribution in [-0.4, -0.2) is 10.5 Å². The van der Waals surface area contributed by atoms with Crippen LogP contribution in [0.2, 0.25) is 5.02 Å². The molecule has 2 N–H and O–H groups in total. The summed E-state index contributed by atoms with van der Waals surface area (Å²) in [5.74, 6) is 1.58. The molecule has 2 aliphatic rings. The zero-order valence-corrected chi connectivity index (χ0v) is 10.1. The van der Waals surface area contributed by atoms with Crippen molar-refractivity contribution < 1.29 is 0 Å². The smallest absolute Gasteiger partial charge is 0.0621 e. The molecule has 2 nitrogen and oxygen atoms in total. The van der Waals surface area contributed by atoms with Gasteiger partial charge in [0, 0.05) is 17.9 Å². The number of hydrogen-bond donors (Lipinski definition) is 1. The van der Waals surface area contributed by atoms with E-state index in [1.807, 2.05) is 6.07 Å². The number of aromatic nitrogens is 1. The van der Waals surface area contributed by atoms with E-state index in [1.54, 1.807) is 12.4 Å². The summed E-state index contributed by atoms with van der Waals surface area (Å²) in [6, 6.07) is 2.00. The van der Waals surface area contributed by atoms with E-state index in [1.165, 1.54) is 25.7 Å². The average molecular weight is 237 g/mol. The third-order valence-electron chi connectivity index (χ3n) is 4.40. The summed E-state index contributed by atoms with van der Waals surface area (Å²) in [6.45, 7) is 0. The van der Waals surface area contributed by atoms with E-state index in [0.717, 1.165) is 22.9 Å². The molecule has 0 saturated heterocycles. The second-order valence-electron chi connectivity index (χ2n) is 5.46. The van der Waals surface area contributed by atoms with Crippen LogP contribution in [0.4, 0.5) is 0 Å². The van der Waals surface area contributed by atoms with Crippen molar-refractivity contribution in [1.82, 2.24) is 4.98 Å². The molecule has 16 heavy (non-hydrogen) atoms. The Bertz CT molecular complexity index is 407. The van der Waals surface area contributed by atoms with Crippen LogP contribution in [0.15, 0.2) is 18.5 Å². The Labute approximate surface area is 101 Å². The Morgan fingerprint density at radius 2 is 2.38 bits per heavy atom. The zero-order chi connectivity index (χ0) is 11.2. The van der Waals surface area contributed by atoms with Gasteiger partial charge in [-0.2, -0.15) is 0 Å². The second-order valence-corrected chi connectivity index (χ2v) is 5.86. The van der Waals surface area contributed by atoms with Crippen molar-refractivity contribution in [2.45, 2.75) is 37.6 Å². The van der Waals surface area contributed by atoms with Crippen molar-refractivity contribution in [3.8, 4) is 0 Å². The van der Waals surface area contributed by atoms with Crippen molar-refractivity contribution >= 4 is 11.6 Å². The minimum Gasteiger partial charge on any atom is -0.325 e. The molecule has 0 amide bonds. The molecule has 2 aliphatic carbocycles. The molecule has 3 heteroatoms. The fourth-order valence-corrected chi connectivity index (χ4v) is 3.79. The molecule has 0 aromatic carbocycles. The summed E-state index contributed by atoms with van der Waals surface area (Å²) in [7, 11) is 0. The van der Waals surface area contributed by atoms with Crippen LogP contribution in [0.25, 0.3) is 0 Å². The molecule has 3 atom stereocenters. The first-order chi connectivity index (χ1) is 7.67. The van der Waals surface area contributed by atoms with Gasteiger partial charge in [-0.05, 0) is 49.1 Å². The summed E-state index contributed by atoms with van der Waals surface area (Å²) < 4.78 is 0. The van der Waals surface area contributed by atoms with Crippen LogP contribution in [0.1, 0.15) is 31.2 Å². The fourth-order valence-electron chi connectivity index (χ4n) is 3.61. The van der Waals surface area contributed by atoms with Crippen LogP contribution < -0.4 is 5.73 Å². The molecule has 2 saturated carbocycles. The fraction of sp³-hybridized carbons (Fsp3) is 0.615. The maximum atomic E-state index is 6.57. The zero-order valence-electron chi connectivity index (χ0n) is 9.32. The number of nitrogens with zero attached hydrogens (tertiary/aromatic N) is 1. The quantitative estimate of drug-likeness (QED) is 0.858. The highest BCUT2D eigenvalue weighted by atomic mass is 35.5. The minimum absolute atomic E-state index is 0.00604. The first kappa shape index (κ1) is 10.5. The van der Waals surface area contributed by atoms with Crippen LogP contribution in [0.3, 0.4) is 0 Å². The molecule has 2 fully saturated rings. The van der Waals surface area contributed by atoms with Gasteiger partial charge in [0.25, 0.3) is 0 Å². The number of pyridine rings is 1. The lowest BCUT2D eigenvalue weighted by molar-refractivity contribution is 0.269. The van der Waals surface area contributed by atoms with Gasteiger partial charge in [-0.1, -0.05) is 18.0 Å². The number of fused-ring (bicyclic) bond motifs is 2. The highest BCUT2D eigenvalue weighted by molar-refractivity contribution is 6.31. The largest absolute Gasteiger partial charge is 0.325 e. The van der Waals surface area contributed by atoms with E-state index in [-0.39, 0.29) is 5.54 Å². The van der Waals surface area contributed by atoms with Crippen molar-refractivity contribution in [2.75, 3.05) is 0 Å². The summed E-state index contributed by atoms with van der Waals surface area (Å²) in [5, 5.41) is 0.759. The van der Waals surface area contributed by atoms with E-state index in [0.29, 0.717) is 5.92 Å². The van der Waals surface area contributed by atoms with E-state index in [9.17, 15) is 0 Å². The van der Waals surface area contributed by atoms with Crippen LogP contribution >= 0.6 is 11.6 Å². The monoisotopic (exact) mass is 236 g/mol. The molecular formula is C13H17ClN2. The van der Waals surface area contributed by atoms with E-state index < -0.39 is 0 Å². The molecule has 1 aromatic rings. The first-order valence-electron chi connectivity index (χ1n) is 6.05. The Balaban J connectivity index is 1.82. The van der Waals surface area contributed by atoms with Gasteiger partial charge in [0.15, 0.2) is 0 Å². The predicted octanol–water partition coefficient (Wildman–Crippen LogP) is 2.80. The molecule has 1 heterocycles. The molecule has 1 aromatic heterocycles. The van der Waals surface area contributed by atoms with Crippen LogP contribution in [-0.2, 0) is 6.42 Å². The van der Waals surface area contributed by atoms with Crippen molar-refractivity contribution in [1.29, 1.82) is 0 Å². The molecule has 86 valence electrons. The minimum atomic E-state index is -0.00604. The second kappa shape index (κ2) is 3.71. The number of nitrogens with two attached hydrogens (primary N) is 1. The summed E-state index contributed by atoms with van der Waals surface area (Å²) >= 11 is 6.15. The summed E-state index contributed by atoms with van der Waals surface area (Å²) in [4.78, 5) is 4.02. The van der Waals surface area contributed by atoms with Gasteiger partial charge in [0.1, 0.15) is 0 Å². The SMILES string of the molecule is NC1(Cc2ccncc2Cl)CC2CCC1C2. The van der Waals surface area contributed by atoms with Gasteiger partial charge in [0.2, 0.25) is 0 Å². The van der Waals surface area contributed by atoms with Crippen LogP contribution in [0.5, 0.6) is 0 Å². The molecule has 3 unspecified atom stereocenters. The number of halogens is 1. The third-order valence-corrected chi connectivity index (χ3v) is 4.74. The van der Waals surface area contributed by atoms with Crippen molar-refractivity contribution in [3.63, 3.8) is 0 Å². The number of rotatable bonds is 2. The Morgan fingerprint density at radius 3 is 3.00 bits per heavy atom. The third kappa shape index (κ3) is 1.64. The van der Waals surface area contributed by atoms with E-state index in [4.69, 9.17) is 17.3 Å². The van der Waals surface area contributed by atoms with Gasteiger partial charge >= 0.3 is 0 Å². The highest BCUT2D eigenvalue weighted by Crippen LogP contribution is 2.50. The molecule has 0 radical (unpaired) electrons. The molecule has 3 rings (SSSR count). The first-order valence-corrected chi connectivity index (χ1v) is 6.42. The van der Waals surface area contributed by atoms with Crippen LogP contribution in [0, 0.1) is 11.8 Å². The molecule has 0 aliphatic heterocycles. The lowest BCUT2D eigenvalue weighted by atomic mass is 9.78. The Hall–Kier alpha value is -0.600. The maximum Gasteiger partial charge on any atom is 0.0621 e.